The smallest absolute Gasteiger partial charge is 0.407 e. The maximum absolute atomic E-state index is 11.5. The number of nitrogens with one attached hydrogen (secondary N) is 1. The van der Waals surface area contributed by atoms with Crippen LogP contribution in [0, 0.1) is 17.8 Å². The molecule has 1 amide bonds. The van der Waals surface area contributed by atoms with Crippen LogP contribution in [-0.2, 0) is 4.74 Å². The number of amides is 1. The van der Waals surface area contributed by atoms with Crippen molar-refractivity contribution in [3.63, 3.8) is 0 Å². The maximum Gasteiger partial charge on any atom is 0.407 e. The van der Waals surface area contributed by atoms with Gasteiger partial charge in [0, 0.05) is 6.54 Å². The minimum atomic E-state index is -0.630. The van der Waals surface area contributed by atoms with Crippen LogP contribution in [0.5, 0.6) is 0 Å². The Morgan fingerprint density at radius 3 is 2.44 bits per heavy atom. The Hall–Kier alpha value is -0.810. The van der Waals surface area contributed by atoms with Crippen LogP contribution in [0.2, 0.25) is 0 Å². The van der Waals surface area contributed by atoms with Crippen LogP contribution in [0.3, 0.4) is 0 Å². The van der Waals surface area contributed by atoms with Gasteiger partial charge in [-0.3, -0.25) is 0 Å². The summed E-state index contributed by atoms with van der Waals surface area (Å²) < 4.78 is 5.16. The van der Waals surface area contributed by atoms with Gasteiger partial charge in [0.2, 0.25) is 0 Å². The summed E-state index contributed by atoms with van der Waals surface area (Å²) in [5.41, 5.74) is -0.492. The van der Waals surface area contributed by atoms with E-state index in [9.17, 15) is 15.0 Å². The van der Waals surface area contributed by atoms with Gasteiger partial charge in [-0.15, -0.1) is 0 Å². The summed E-state index contributed by atoms with van der Waals surface area (Å²) in [6.45, 7) is 5.98. The molecule has 5 heteroatoms. The molecular weight excluding hydrogens is 234 g/mol. The van der Waals surface area contributed by atoms with E-state index in [1.54, 1.807) is 0 Å². The van der Waals surface area contributed by atoms with Crippen LogP contribution in [0.15, 0.2) is 0 Å². The van der Waals surface area contributed by atoms with Crippen LogP contribution >= 0.6 is 0 Å². The zero-order valence-corrected chi connectivity index (χ0v) is 11.2. The molecule has 5 nitrogen and oxygen atoms in total. The molecule has 0 aromatic heterocycles. The summed E-state index contributed by atoms with van der Waals surface area (Å²) in [5.74, 6) is 0.552. The summed E-state index contributed by atoms with van der Waals surface area (Å²) in [6, 6.07) is 0. The van der Waals surface area contributed by atoms with E-state index in [4.69, 9.17) is 4.74 Å². The Bertz CT molecular complexity index is 323. The highest BCUT2D eigenvalue weighted by atomic mass is 16.6. The second-order valence-corrected chi connectivity index (χ2v) is 6.52. The molecule has 2 bridgehead atoms. The lowest BCUT2D eigenvalue weighted by atomic mass is 9.85. The van der Waals surface area contributed by atoms with Crippen LogP contribution in [0.1, 0.15) is 33.6 Å². The molecule has 0 saturated heterocycles. The molecule has 3 N–H and O–H groups in total. The van der Waals surface area contributed by atoms with E-state index in [2.05, 4.69) is 5.32 Å². The third-order valence-corrected chi connectivity index (χ3v) is 3.96. The first-order valence-electron chi connectivity index (χ1n) is 6.61. The van der Waals surface area contributed by atoms with Gasteiger partial charge in [0.25, 0.3) is 0 Å². The minimum absolute atomic E-state index is 0.111. The van der Waals surface area contributed by atoms with Gasteiger partial charge >= 0.3 is 6.09 Å². The lowest BCUT2D eigenvalue weighted by molar-refractivity contribution is -0.0338. The van der Waals surface area contributed by atoms with Crippen LogP contribution in [0.25, 0.3) is 0 Å². The normalized spacial score (nSPS) is 38.8. The fraction of sp³-hybridized carbons (Fsp3) is 0.923. The van der Waals surface area contributed by atoms with Gasteiger partial charge in [-0.2, -0.15) is 0 Å². The Labute approximate surface area is 108 Å². The van der Waals surface area contributed by atoms with Gasteiger partial charge in [0.1, 0.15) is 5.60 Å². The van der Waals surface area contributed by atoms with Crippen molar-refractivity contribution in [1.82, 2.24) is 5.32 Å². The summed E-state index contributed by atoms with van der Waals surface area (Å²) in [5, 5.41) is 22.2. The summed E-state index contributed by atoms with van der Waals surface area (Å²) in [6.07, 6.45) is 0.115. The van der Waals surface area contributed by atoms with Gasteiger partial charge in [0.15, 0.2) is 0 Å². The standard InChI is InChI=1S/C13H23NO4/c1-13(2,3)18-12(17)14-6-8-4-7-5-9(8)11(16)10(7)15/h7-11,15-16H,4-6H2,1-3H3,(H,14,17)/t7-,8-,9-,10+,11-/m0/s1. The molecule has 0 aromatic carbocycles. The fourth-order valence-corrected chi connectivity index (χ4v) is 3.19. The highest BCUT2D eigenvalue weighted by molar-refractivity contribution is 5.67. The molecule has 0 unspecified atom stereocenters. The number of aliphatic hydroxyl groups is 2. The van der Waals surface area contributed by atoms with E-state index in [1.807, 2.05) is 20.8 Å². The number of fused-ring (bicyclic) bond motifs is 2. The highest BCUT2D eigenvalue weighted by Crippen LogP contribution is 2.48. The third kappa shape index (κ3) is 2.78. The molecule has 2 rings (SSSR count). The number of hydrogen-bond acceptors (Lipinski definition) is 4. The molecule has 0 radical (unpaired) electrons. The third-order valence-electron chi connectivity index (χ3n) is 3.96. The van der Waals surface area contributed by atoms with E-state index >= 15 is 0 Å². The molecule has 0 aliphatic heterocycles. The van der Waals surface area contributed by atoms with E-state index in [1.165, 1.54) is 0 Å². The fourth-order valence-electron chi connectivity index (χ4n) is 3.19. The maximum atomic E-state index is 11.5. The predicted molar refractivity (Wildman–Crippen MR) is 66.0 cm³/mol. The quantitative estimate of drug-likeness (QED) is 0.686. The van der Waals surface area contributed by atoms with Crippen molar-refractivity contribution in [2.75, 3.05) is 6.54 Å². The van der Waals surface area contributed by atoms with E-state index < -0.39 is 23.9 Å². The second-order valence-electron chi connectivity index (χ2n) is 6.52. The SMILES string of the molecule is CC(C)(C)OC(=O)NC[C@@H]1C[C@H]2C[C@@H]1[C@H](O)[C@@H]2O. The first-order valence-corrected chi connectivity index (χ1v) is 6.61. The number of hydrogen-bond donors (Lipinski definition) is 3. The monoisotopic (exact) mass is 257 g/mol. The van der Waals surface area contributed by atoms with Gasteiger partial charge in [-0.1, -0.05) is 0 Å². The topological polar surface area (TPSA) is 78.8 Å². The Morgan fingerprint density at radius 1 is 1.28 bits per heavy atom. The average Bonchev–Trinajstić information content (AvgIpc) is 2.75. The number of ether oxygens (including phenoxy) is 1. The Kier molecular flexibility index (Phi) is 3.56. The zero-order chi connectivity index (χ0) is 13.5. The zero-order valence-electron chi connectivity index (χ0n) is 11.2. The molecular formula is C13H23NO4. The van der Waals surface area contributed by atoms with Crippen LogP contribution in [-0.4, -0.2) is 40.7 Å². The number of carbonyl (C=O) groups excluding carboxylic acids is 1. The number of alkyl carbamates (subject to hydrolysis) is 1. The van der Waals surface area contributed by atoms with Crippen molar-refractivity contribution < 1.29 is 19.7 Å². The molecule has 2 aliphatic rings. The molecule has 2 saturated carbocycles. The van der Waals surface area contributed by atoms with Gasteiger partial charge in [-0.05, 0) is 51.4 Å². The molecule has 2 fully saturated rings. The molecule has 2 aliphatic carbocycles. The molecule has 0 heterocycles. The highest BCUT2D eigenvalue weighted by Gasteiger charge is 2.51. The molecule has 5 atom stereocenters. The summed E-state index contributed by atoms with van der Waals surface area (Å²) >= 11 is 0. The lowest BCUT2D eigenvalue weighted by Gasteiger charge is -2.30. The first-order chi connectivity index (χ1) is 8.28. The van der Waals surface area contributed by atoms with Crippen LogP contribution in [0.4, 0.5) is 4.79 Å². The lowest BCUT2D eigenvalue weighted by Crippen LogP contribution is -2.42. The molecule has 0 spiro atoms. The average molecular weight is 257 g/mol. The number of rotatable bonds is 2. The Balaban J connectivity index is 1.78. The summed E-state index contributed by atoms with van der Waals surface area (Å²) in [7, 11) is 0. The van der Waals surface area contributed by atoms with E-state index in [0.29, 0.717) is 6.54 Å². The van der Waals surface area contributed by atoms with Gasteiger partial charge in [0.05, 0.1) is 12.2 Å². The number of aliphatic hydroxyl groups excluding tert-OH is 2. The molecule has 104 valence electrons. The van der Waals surface area contributed by atoms with Crippen molar-refractivity contribution in [1.29, 1.82) is 0 Å². The largest absolute Gasteiger partial charge is 0.444 e. The van der Waals surface area contributed by atoms with Crippen molar-refractivity contribution in [3.8, 4) is 0 Å². The summed E-state index contributed by atoms with van der Waals surface area (Å²) in [4.78, 5) is 11.5. The van der Waals surface area contributed by atoms with E-state index in [0.717, 1.165) is 12.8 Å². The second kappa shape index (κ2) is 4.70. The van der Waals surface area contributed by atoms with Crippen LogP contribution < -0.4 is 5.32 Å². The molecule has 0 aromatic rings. The minimum Gasteiger partial charge on any atom is -0.444 e. The van der Waals surface area contributed by atoms with Gasteiger partial charge < -0.3 is 20.3 Å². The Morgan fingerprint density at radius 2 is 1.94 bits per heavy atom. The number of carbonyl (C=O) groups is 1. The van der Waals surface area contributed by atoms with E-state index in [-0.39, 0.29) is 17.8 Å². The predicted octanol–water partition coefficient (Wildman–Crippen LogP) is 0.889. The first kappa shape index (κ1) is 13.6. The van der Waals surface area contributed by atoms with Crippen molar-refractivity contribution in [2.24, 2.45) is 17.8 Å². The van der Waals surface area contributed by atoms with Crippen molar-refractivity contribution in [3.05, 3.63) is 0 Å². The van der Waals surface area contributed by atoms with Crippen molar-refractivity contribution >= 4 is 6.09 Å². The van der Waals surface area contributed by atoms with Crippen molar-refractivity contribution in [2.45, 2.75) is 51.4 Å². The molecule has 18 heavy (non-hydrogen) atoms. The van der Waals surface area contributed by atoms with Gasteiger partial charge in [-0.25, -0.2) is 4.79 Å².